The van der Waals surface area contributed by atoms with E-state index in [2.05, 4.69) is 28.6 Å². The van der Waals surface area contributed by atoms with Crippen LogP contribution in [0.2, 0.25) is 5.02 Å². The molecular weight excluding hydrogens is 282 g/mol. The first kappa shape index (κ1) is 14.0. The van der Waals surface area contributed by atoms with Crippen molar-refractivity contribution >= 4 is 22.5 Å². The van der Waals surface area contributed by atoms with Crippen molar-refractivity contribution in [3.63, 3.8) is 0 Å². The van der Waals surface area contributed by atoms with Crippen LogP contribution in [0.15, 0.2) is 60.8 Å². The number of aromatic nitrogens is 1. The molecule has 1 unspecified atom stereocenters. The Morgan fingerprint density at radius 2 is 1.95 bits per heavy atom. The highest BCUT2D eigenvalue weighted by atomic mass is 35.5. The largest absolute Gasteiger partial charge is 0.271 e. The minimum Gasteiger partial charge on any atom is -0.271 e. The van der Waals surface area contributed by atoms with Crippen LogP contribution >= 0.6 is 11.6 Å². The highest BCUT2D eigenvalue weighted by molar-refractivity contribution is 6.30. The zero-order valence-electron chi connectivity index (χ0n) is 11.5. The van der Waals surface area contributed by atoms with Crippen molar-refractivity contribution in [3.8, 4) is 0 Å². The summed E-state index contributed by atoms with van der Waals surface area (Å²) in [5, 5.41) is 1.85. The molecule has 0 saturated heterocycles. The molecule has 21 heavy (non-hydrogen) atoms. The van der Waals surface area contributed by atoms with Crippen LogP contribution in [-0.4, -0.2) is 4.98 Å². The number of hydrazine groups is 1. The Kier molecular flexibility index (Phi) is 4.15. The molecule has 3 nitrogen and oxygen atoms in total. The molecule has 106 valence electrons. The summed E-state index contributed by atoms with van der Waals surface area (Å²) < 4.78 is 0. The summed E-state index contributed by atoms with van der Waals surface area (Å²) in [5.41, 5.74) is 6.17. The van der Waals surface area contributed by atoms with Gasteiger partial charge in [-0.1, -0.05) is 41.9 Å². The maximum absolute atomic E-state index is 6.05. The summed E-state index contributed by atoms with van der Waals surface area (Å²) in [6, 6.07) is 18.0. The van der Waals surface area contributed by atoms with Crippen molar-refractivity contribution in [1.29, 1.82) is 0 Å². The number of hydrogen-bond acceptors (Lipinski definition) is 3. The molecule has 0 aliphatic rings. The van der Waals surface area contributed by atoms with E-state index >= 15 is 0 Å². The van der Waals surface area contributed by atoms with E-state index in [1.54, 1.807) is 6.20 Å². The van der Waals surface area contributed by atoms with Crippen molar-refractivity contribution < 1.29 is 0 Å². The molecule has 3 aromatic rings. The summed E-state index contributed by atoms with van der Waals surface area (Å²) in [5.74, 6) is 5.78. The van der Waals surface area contributed by atoms with Gasteiger partial charge in [0.15, 0.2) is 0 Å². The molecule has 0 aliphatic heterocycles. The average Bonchev–Trinajstić information content (AvgIpc) is 2.52. The Morgan fingerprint density at radius 3 is 2.76 bits per heavy atom. The molecule has 4 heteroatoms. The minimum atomic E-state index is 0.0105. The fourth-order valence-corrected chi connectivity index (χ4v) is 2.80. The molecule has 3 rings (SSSR count). The van der Waals surface area contributed by atoms with Gasteiger partial charge in [-0.2, -0.15) is 0 Å². The standard InChI is InChI=1S/C17H16ClN3/c18-13-5-1-4-12(10-13)11-17(21-19)15-6-2-8-16-14(15)7-3-9-20-16/h1-10,17,21H,11,19H2. The summed E-state index contributed by atoms with van der Waals surface area (Å²) in [4.78, 5) is 4.39. The molecular formula is C17H16ClN3. The molecule has 0 radical (unpaired) electrons. The Labute approximate surface area is 128 Å². The second-order valence-electron chi connectivity index (χ2n) is 4.97. The van der Waals surface area contributed by atoms with E-state index in [1.807, 2.05) is 36.4 Å². The van der Waals surface area contributed by atoms with Crippen LogP contribution < -0.4 is 11.3 Å². The number of hydrogen-bond donors (Lipinski definition) is 2. The third kappa shape index (κ3) is 3.05. The topological polar surface area (TPSA) is 50.9 Å². The molecule has 2 aromatic carbocycles. The number of halogens is 1. The van der Waals surface area contributed by atoms with Gasteiger partial charge in [0.1, 0.15) is 0 Å². The molecule has 0 spiro atoms. The second kappa shape index (κ2) is 6.22. The fraction of sp³-hybridized carbons (Fsp3) is 0.118. The quantitative estimate of drug-likeness (QED) is 0.571. The fourth-order valence-electron chi connectivity index (χ4n) is 2.59. The normalized spacial score (nSPS) is 12.5. The Morgan fingerprint density at radius 1 is 1.10 bits per heavy atom. The van der Waals surface area contributed by atoms with Crippen molar-refractivity contribution in [1.82, 2.24) is 10.4 Å². The maximum Gasteiger partial charge on any atom is 0.0705 e. The third-order valence-electron chi connectivity index (χ3n) is 3.58. The second-order valence-corrected chi connectivity index (χ2v) is 5.41. The Balaban J connectivity index is 1.98. The lowest BCUT2D eigenvalue weighted by atomic mass is 9.96. The van der Waals surface area contributed by atoms with Gasteiger partial charge in [0.2, 0.25) is 0 Å². The predicted octanol–water partition coefficient (Wildman–Crippen LogP) is 3.64. The van der Waals surface area contributed by atoms with Gasteiger partial charge in [0.05, 0.1) is 11.6 Å². The van der Waals surface area contributed by atoms with Crippen molar-refractivity contribution in [3.05, 3.63) is 76.9 Å². The molecule has 3 N–H and O–H groups in total. The molecule has 0 fully saturated rings. The zero-order chi connectivity index (χ0) is 14.7. The smallest absolute Gasteiger partial charge is 0.0705 e. The summed E-state index contributed by atoms with van der Waals surface area (Å²) in [6.07, 6.45) is 2.57. The summed E-state index contributed by atoms with van der Waals surface area (Å²) in [7, 11) is 0. The lowest BCUT2D eigenvalue weighted by Crippen LogP contribution is -2.29. The maximum atomic E-state index is 6.05. The van der Waals surface area contributed by atoms with Gasteiger partial charge in [0, 0.05) is 16.6 Å². The number of fused-ring (bicyclic) bond motifs is 1. The number of benzene rings is 2. The predicted molar refractivity (Wildman–Crippen MR) is 87.0 cm³/mol. The van der Waals surface area contributed by atoms with Crippen LogP contribution in [0, 0.1) is 0 Å². The van der Waals surface area contributed by atoms with Crippen LogP contribution in [-0.2, 0) is 6.42 Å². The van der Waals surface area contributed by atoms with E-state index in [9.17, 15) is 0 Å². The number of nitrogens with one attached hydrogen (secondary N) is 1. The van der Waals surface area contributed by atoms with Crippen LogP contribution in [0.4, 0.5) is 0 Å². The first-order valence-electron chi connectivity index (χ1n) is 6.82. The average molecular weight is 298 g/mol. The Bertz CT molecular complexity index is 752. The van der Waals surface area contributed by atoms with E-state index in [-0.39, 0.29) is 6.04 Å². The molecule has 0 bridgehead atoms. The van der Waals surface area contributed by atoms with Gasteiger partial charge >= 0.3 is 0 Å². The van der Waals surface area contributed by atoms with Gasteiger partial charge in [0.25, 0.3) is 0 Å². The lowest BCUT2D eigenvalue weighted by Gasteiger charge is -2.18. The summed E-state index contributed by atoms with van der Waals surface area (Å²) in [6.45, 7) is 0. The molecule has 1 aromatic heterocycles. The number of pyridine rings is 1. The van der Waals surface area contributed by atoms with Gasteiger partial charge in [-0.15, -0.1) is 0 Å². The molecule has 0 saturated carbocycles. The van der Waals surface area contributed by atoms with E-state index in [1.165, 1.54) is 0 Å². The van der Waals surface area contributed by atoms with Crippen molar-refractivity contribution in [2.75, 3.05) is 0 Å². The third-order valence-corrected chi connectivity index (χ3v) is 3.82. The number of nitrogens with two attached hydrogens (primary N) is 1. The van der Waals surface area contributed by atoms with E-state index < -0.39 is 0 Å². The number of rotatable bonds is 4. The first-order chi connectivity index (χ1) is 10.3. The van der Waals surface area contributed by atoms with Crippen LogP contribution in [0.5, 0.6) is 0 Å². The molecule has 1 atom stereocenters. The minimum absolute atomic E-state index is 0.0105. The van der Waals surface area contributed by atoms with Crippen LogP contribution in [0.1, 0.15) is 17.2 Å². The molecule has 1 heterocycles. The Hall–Kier alpha value is -1.94. The van der Waals surface area contributed by atoms with E-state index in [4.69, 9.17) is 17.4 Å². The highest BCUT2D eigenvalue weighted by Crippen LogP contribution is 2.26. The SMILES string of the molecule is NNC(Cc1cccc(Cl)c1)c1cccc2ncccc12. The van der Waals surface area contributed by atoms with Gasteiger partial charge < -0.3 is 0 Å². The van der Waals surface area contributed by atoms with Gasteiger partial charge in [-0.25, -0.2) is 0 Å². The van der Waals surface area contributed by atoms with Crippen molar-refractivity contribution in [2.24, 2.45) is 5.84 Å². The lowest BCUT2D eigenvalue weighted by molar-refractivity contribution is 0.555. The van der Waals surface area contributed by atoms with E-state index in [0.29, 0.717) is 0 Å². The zero-order valence-corrected chi connectivity index (χ0v) is 12.2. The first-order valence-corrected chi connectivity index (χ1v) is 7.20. The number of nitrogens with zero attached hydrogens (tertiary/aromatic N) is 1. The summed E-state index contributed by atoms with van der Waals surface area (Å²) >= 11 is 6.05. The van der Waals surface area contributed by atoms with Crippen LogP contribution in [0.25, 0.3) is 10.9 Å². The highest BCUT2D eigenvalue weighted by Gasteiger charge is 2.14. The van der Waals surface area contributed by atoms with Gasteiger partial charge in [-0.05, 0) is 41.8 Å². The monoisotopic (exact) mass is 297 g/mol. The van der Waals surface area contributed by atoms with Crippen LogP contribution in [0.3, 0.4) is 0 Å². The molecule has 0 amide bonds. The van der Waals surface area contributed by atoms with E-state index in [0.717, 1.165) is 33.5 Å². The van der Waals surface area contributed by atoms with Crippen molar-refractivity contribution in [2.45, 2.75) is 12.5 Å². The van der Waals surface area contributed by atoms with Gasteiger partial charge in [-0.3, -0.25) is 16.3 Å². The molecule has 0 aliphatic carbocycles.